The van der Waals surface area contributed by atoms with Crippen LogP contribution >= 0.6 is 0 Å². The molecule has 0 aliphatic rings. The number of hydrogen-bond acceptors (Lipinski definition) is 3. The molecule has 0 atom stereocenters. The van der Waals surface area contributed by atoms with Crippen molar-refractivity contribution in [3.63, 3.8) is 0 Å². The van der Waals surface area contributed by atoms with Gasteiger partial charge in [0.1, 0.15) is 17.0 Å². The van der Waals surface area contributed by atoms with E-state index in [1.54, 1.807) is 6.08 Å². The van der Waals surface area contributed by atoms with Gasteiger partial charge in [0.2, 0.25) is 0 Å². The zero-order chi connectivity index (χ0) is 14.4. The summed E-state index contributed by atoms with van der Waals surface area (Å²) in [5.41, 5.74) is -0.912. The van der Waals surface area contributed by atoms with Crippen LogP contribution < -0.4 is 0 Å². The number of ether oxygens (including phenoxy) is 2. The van der Waals surface area contributed by atoms with Crippen LogP contribution in [0.1, 0.15) is 40.5 Å². The van der Waals surface area contributed by atoms with Crippen molar-refractivity contribution in [3.05, 3.63) is 37.6 Å². The molecule has 3 heteroatoms. The van der Waals surface area contributed by atoms with Crippen molar-refractivity contribution < 1.29 is 14.3 Å². The Bertz CT molecular complexity index is 304. The second-order valence-electron chi connectivity index (χ2n) is 5.42. The van der Waals surface area contributed by atoms with Gasteiger partial charge >= 0.3 is 5.97 Å². The van der Waals surface area contributed by atoms with E-state index in [1.165, 1.54) is 6.08 Å². The Labute approximate surface area is 110 Å². The molecule has 0 radical (unpaired) electrons. The van der Waals surface area contributed by atoms with Crippen molar-refractivity contribution >= 4 is 5.97 Å². The van der Waals surface area contributed by atoms with Crippen LogP contribution in [0.3, 0.4) is 0 Å². The highest BCUT2D eigenvalue weighted by Crippen LogP contribution is 2.26. The first-order valence-corrected chi connectivity index (χ1v) is 5.98. The topological polar surface area (TPSA) is 35.5 Å². The van der Waals surface area contributed by atoms with Gasteiger partial charge in [-0.3, -0.25) is 0 Å². The molecule has 0 fully saturated rings. The summed E-state index contributed by atoms with van der Waals surface area (Å²) in [5, 5.41) is 0. The Balaban J connectivity index is 4.36. The van der Waals surface area contributed by atoms with Crippen LogP contribution in [0.15, 0.2) is 37.6 Å². The number of allylic oxidation sites excluding steroid dienone is 1. The summed E-state index contributed by atoms with van der Waals surface area (Å²) < 4.78 is 10.9. The molecule has 18 heavy (non-hydrogen) atoms. The van der Waals surface area contributed by atoms with Crippen LogP contribution in [0.4, 0.5) is 0 Å². The molecule has 0 rings (SSSR count). The number of esters is 1. The minimum atomic E-state index is -0.540. The van der Waals surface area contributed by atoms with Crippen LogP contribution in [-0.2, 0) is 14.3 Å². The molecule has 0 spiro atoms. The third-order valence-corrected chi connectivity index (χ3v) is 2.51. The second-order valence-corrected chi connectivity index (χ2v) is 5.42. The molecule has 102 valence electrons. The van der Waals surface area contributed by atoms with Gasteiger partial charge in [-0.05, 0) is 46.6 Å². The van der Waals surface area contributed by atoms with Gasteiger partial charge in [-0.1, -0.05) is 19.7 Å². The average Bonchev–Trinajstić information content (AvgIpc) is 2.25. The van der Waals surface area contributed by atoms with E-state index in [2.05, 4.69) is 19.7 Å². The predicted molar refractivity (Wildman–Crippen MR) is 74.1 cm³/mol. The maximum atomic E-state index is 11.2. The fraction of sp³-hybridized carbons (Fsp3) is 0.533. The molecule has 0 N–H and O–H groups in total. The quantitative estimate of drug-likeness (QED) is 0.285. The molecule has 3 nitrogen and oxygen atoms in total. The highest BCUT2D eigenvalue weighted by atomic mass is 16.6. The summed E-state index contributed by atoms with van der Waals surface area (Å²) in [6.07, 6.45) is 4.16. The summed E-state index contributed by atoms with van der Waals surface area (Å²) in [7, 11) is 0. The second kappa shape index (κ2) is 6.43. The fourth-order valence-electron chi connectivity index (χ4n) is 1.41. The summed E-state index contributed by atoms with van der Waals surface area (Å²) in [5.74, 6) is 0.134. The predicted octanol–water partition coefficient (Wildman–Crippen LogP) is 3.77. The van der Waals surface area contributed by atoms with E-state index in [4.69, 9.17) is 9.47 Å². The molecule has 0 unspecified atom stereocenters. The smallest absolute Gasteiger partial charge is 0.330 e. The van der Waals surface area contributed by atoms with Crippen molar-refractivity contribution in [2.75, 3.05) is 0 Å². The Kier molecular flexibility index (Phi) is 5.89. The van der Waals surface area contributed by atoms with Crippen LogP contribution in [0.2, 0.25) is 0 Å². The zero-order valence-corrected chi connectivity index (χ0v) is 11.9. The monoisotopic (exact) mass is 252 g/mol. The van der Waals surface area contributed by atoms with Gasteiger partial charge in [0.25, 0.3) is 0 Å². The highest BCUT2D eigenvalue weighted by Gasteiger charge is 2.27. The lowest BCUT2D eigenvalue weighted by Crippen LogP contribution is -2.32. The highest BCUT2D eigenvalue weighted by molar-refractivity contribution is 5.81. The Morgan fingerprint density at radius 2 is 1.44 bits per heavy atom. The van der Waals surface area contributed by atoms with Gasteiger partial charge in [0, 0.05) is 6.08 Å². The molecule has 0 aliphatic heterocycles. The molecular formula is C15H24O3. The molecule has 0 aromatic rings. The lowest BCUT2D eigenvalue weighted by Gasteiger charge is -2.31. The third kappa shape index (κ3) is 6.94. The minimum absolute atomic E-state index is 0.372. The van der Waals surface area contributed by atoms with Gasteiger partial charge in [-0.15, -0.1) is 0 Å². The van der Waals surface area contributed by atoms with Gasteiger partial charge in [-0.25, -0.2) is 4.79 Å². The van der Waals surface area contributed by atoms with Crippen molar-refractivity contribution in [2.45, 2.75) is 51.7 Å². The average molecular weight is 252 g/mol. The van der Waals surface area contributed by atoms with E-state index in [0.717, 1.165) is 6.42 Å². The van der Waals surface area contributed by atoms with E-state index in [0.29, 0.717) is 12.2 Å². The lowest BCUT2D eigenvalue weighted by atomic mass is 9.93. The summed E-state index contributed by atoms with van der Waals surface area (Å²) in [6.45, 7) is 18.4. The van der Waals surface area contributed by atoms with E-state index < -0.39 is 11.6 Å². The van der Waals surface area contributed by atoms with E-state index in [9.17, 15) is 4.79 Å². The number of carbonyl (C=O) groups is 1. The maximum Gasteiger partial charge on any atom is 0.330 e. The van der Waals surface area contributed by atoms with Crippen LogP contribution in [-0.4, -0.2) is 17.2 Å². The van der Waals surface area contributed by atoms with Crippen molar-refractivity contribution in [1.82, 2.24) is 0 Å². The van der Waals surface area contributed by atoms with Gasteiger partial charge in [0.15, 0.2) is 0 Å². The largest absolute Gasteiger partial charge is 0.489 e. The third-order valence-electron chi connectivity index (χ3n) is 2.51. The molecule has 0 aromatic carbocycles. The first kappa shape index (κ1) is 16.5. The molecule has 0 saturated carbocycles. The Morgan fingerprint density at radius 3 is 1.83 bits per heavy atom. The SMILES string of the molecule is C=CC(=C)OC(C)(C)CCC(C)(C)OC(=O)C=C. The van der Waals surface area contributed by atoms with Crippen molar-refractivity contribution in [2.24, 2.45) is 0 Å². The van der Waals surface area contributed by atoms with E-state index in [-0.39, 0.29) is 5.60 Å². The molecule has 0 heterocycles. The van der Waals surface area contributed by atoms with Gasteiger partial charge in [-0.2, -0.15) is 0 Å². The number of rotatable bonds is 8. The fourth-order valence-corrected chi connectivity index (χ4v) is 1.41. The lowest BCUT2D eigenvalue weighted by molar-refractivity contribution is -0.151. The van der Waals surface area contributed by atoms with Crippen molar-refractivity contribution in [3.8, 4) is 0 Å². The Hall–Kier alpha value is -1.51. The van der Waals surface area contributed by atoms with E-state index in [1.807, 2.05) is 27.7 Å². The standard InChI is InChI=1S/C15H24O3/c1-8-12(3)17-14(4,5)10-11-15(6,7)18-13(16)9-2/h8-9H,1-3,10-11H2,4-7H3. The first-order valence-electron chi connectivity index (χ1n) is 5.98. The zero-order valence-electron chi connectivity index (χ0n) is 11.9. The Morgan fingerprint density at radius 1 is 1.00 bits per heavy atom. The summed E-state index contributed by atoms with van der Waals surface area (Å²) in [6, 6.07) is 0. The molecular weight excluding hydrogens is 228 g/mol. The van der Waals surface area contributed by atoms with Crippen molar-refractivity contribution in [1.29, 1.82) is 0 Å². The first-order chi connectivity index (χ1) is 8.12. The van der Waals surface area contributed by atoms with Crippen LogP contribution in [0.5, 0.6) is 0 Å². The van der Waals surface area contributed by atoms with Gasteiger partial charge in [0.05, 0.1) is 0 Å². The molecule has 0 aromatic heterocycles. The van der Waals surface area contributed by atoms with Crippen LogP contribution in [0.25, 0.3) is 0 Å². The number of carbonyl (C=O) groups excluding carboxylic acids is 1. The van der Waals surface area contributed by atoms with E-state index >= 15 is 0 Å². The normalized spacial score (nSPS) is 11.6. The van der Waals surface area contributed by atoms with Gasteiger partial charge < -0.3 is 9.47 Å². The molecule has 0 saturated heterocycles. The molecule has 0 amide bonds. The molecule has 0 aliphatic carbocycles. The minimum Gasteiger partial charge on any atom is -0.489 e. The summed E-state index contributed by atoms with van der Waals surface area (Å²) in [4.78, 5) is 11.2. The summed E-state index contributed by atoms with van der Waals surface area (Å²) >= 11 is 0. The van der Waals surface area contributed by atoms with Crippen LogP contribution in [0, 0.1) is 0 Å². The maximum absolute atomic E-state index is 11.2. The number of hydrogen-bond donors (Lipinski definition) is 0. The molecule has 0 bridgehead atoms.